The zero-order valence-corrected chi connectivity index (χ0v) is 14.1. The molecule has 130 valence electrons. The number of nitrogens with one attached hydrogen (secondary N) is 1. The fourth-order valence-corrected chi connectivity index (χ4v) is 3.15. The molecule has 1 atom stereocenters. The molecular formula is C19H20N2O4. The summed E-state index contributed by atoms with van der Waals surface area (Å²) in [4.78, 5) is 27.1. The van der Waals surface area contributed by atoms with Crippen molar-refractivity contribution in [3.63, 3.8) is 0 Å². The highest BCUT2D eigenvalue weighted by molar-refractivity contribution is 6.07. The van der Waals surface area contributed by atoms with Crippen LogP contribution in [-0.2, 0) is 26.4 Å². The normalized spacial score (nSPS) is 20.2. The molecule has 3 amide bonds. The number of hydrogen-bond acceptors (Lipinski definition) is 4. The Morgan fingerprint density at radius 2 is 1.52 bits per heavy atom. The molecule has 0 saturated carbocycles. The lowest BCUT2D eigenvalue weighted by Crippen LogP contribution is -2.55. The number of hydrogen-bond donors (Lipinski definition) is 1. The Morgan fingerprint density at radius 1 is 0.960 bits per heavy atom. The Labute approximate surface area is 146 Å². The molecule has 1 aliphatic heterocycles. The highest BCUT2D eigenvalue weighted by Gasteiger charge is 2.58. The molecule has 6 nitrogen and oxygen atoms in total. The smallest absolute Gasteiger partial charge is 0.325 e. The van der Waals surface area contributed by atoms with Crippen molar-refractivity contribution in [2.45, 2.75) is 18.4 Å². The van der Waals surface area contributed by atoms with E-state index in [1.165, 1.54) is 19.1 Å². The van der Waals surface area contributed by atoms with E-state index in [4.69, 9.17) is 9.47 Å². The van der Waals surface area contributed by atoms with Crippen LogP contribution in [0.4, 0.5) is 4.79 Å². The van der Waals surface area contributed by atoms with Crippen LogP contribution in [0.3, 0.4) is 0 Å². The molecule has 0 bridgehead atoms. The third-order valence-electron chi connectivity index (χ3n) is 4.33. The molecule has 1 aliphatic rings. The second-order valence-corrected chi connectivity index (χ2v) is 5.78. The number of benzene rings is 2. The Kier molecular flexibility index (Phi) is 4.83. The first-order valence-electron chi connectivity index (χ1n) is 7.92. The van der Waals surface area contributed by atoms with Gasteiger partial charge in [0, 0.05) is 14.2 Å². The first kappa shape index (κ1) is 17.1. The fraction of sp³-hybridized carbons (Fsp3) is 0.263. The van der Waals surface area contributed by atoms with Crippen LogP contribution in [0.1, 0.15) is 11.1 Å². The van der Waals surface area contributed by atoms with Gasteiger partial charge in [-0.05, 0) is 11.1 Å². The minimum Gasteiger partial charge on any atom is -0.353 e. The van der Waals surface area contributed by atoms with E-state index in [1.807, 2.05) is 36.4 Å². The van der Waals surface area contributed by atoms with Gasteiger partial charge in [0.2, 0.25) is 0 Å². The number of ether oxygens (including phenoxy) is 2. The second-order valence-electron chi connectivity index (χ2n) is 5.78. The van der Waals surface area contributed by atoms with Crippen molar-refractivity contribution < 1.29 is 19.1 Å². The minimum absolute atomic E-state index is 0.181. The molecule has 1 fully saturated rings. The van der Waals surface area contributed by atoms with Crippen LogP contribution in [0.2, 0.25) is 0 Å². The van der Waals surface area contributed by atoms with Crippen LogP contribution in [0, 0.1) is 0 Å². The number of carbonyl (C=O) groups excluding carboxylic acids is 2. The lowest BCUT2D eigenvalue weighted by atomic mass is 9.88. The van der Waals surface area contributed by atoms with Gasteiger partial charge in [-0.15, -0.1) is 0 Å². The molecular weight excluding hydrogens is 320 g/mol. The molecule has 25 heavy (non-hydrogen) atoms. The average Bonchev–Trinajstić information content (AvgIpc) is 2.90. The van der Waals surface area contributed by atoms with Crippen LogP contribution < -0.4 is 5.32 Å². The summed E-state index contributed by atoms with van der Waals surface area (Å²) in [6, 6.07) is 17.9. The minimum atomic E-state index is -1.42. The molecule has 0 radical (unpaired) electrons. The number of carbonyl (C=O) groups is 2. The molecule has 1 saturated heterocycles. The SMILES string of the molecule is COC(OC)C1(c2ccccc2)NC(=O)N(Cc2ccccc2)C1=O. The Balaban J connectivity index is 2.02. The number of urea groups is 1. The van der Waals surface area contributed by atoms with E-state index in [0.717, 1.165) is 5.56 Å². The number of nitrogens with zero attached hydrogens (tertiary/aromatic N) is 1. The Bertz CT molecular complexity index is 747. The molecule has 3 rings (SSSR count). The monoisotopic (exact) mass is 340 g/mol. The van der Waals surface area contributed by atoms with Gasteiger partial charge in [-0.25, -0.2) is 4.79 Å². The van der Waals surface area contributed by atoms with Gasteiger partial charge in [0.05, 0.1) is 6.54 Å². The lowest BCUT2D eigenvalue weighted by molar-refractivity contribution is -0.170. The highest BCUT2D eigenvalue weighted by atomic mass is 16.7. The number of methoxy groups -OCH3 is 2. The molecule has 2 aromatic carbocycles. The summed E-state index contributed by atoms with van der Waals surface area (Å²) in [5.74, 6) is -0.402. The molecule has 0 spiro atoms. The standard InChI is InChI=1S/C19H20N2O4/c1-24-17(25-2)19(15-11-7-4-8-12-15)16(22)21(18(23)20-19)13-14-9-5-3-6-10-14/h3-12,17H,13H2,1-2H3,(H,20,23). The van der Waals surface area contributed by atoms with E-state index in [-0.39, 0.29) is 6.54 Å². The van der Waals surface area contributed by atoms with Gasteiger partial charge in [-0.3, -0.25) is 9.69 Å². The predicted molar refractivity (Wildman–Crippen MR) is 91.4 cm³/mol. The number of rotatable bonds is 6. The van der Waals surface area contributed by atoms with Crippen molar-refractivity contribution in [3.05, 3.63) is 71.8 Å². The van der Waals surface area contributed by atoms with Crippen LogP contribution >= 0.6 is 0 Å². The maximum Gasteiger partial charge on any atom is 0.325 e. The van der Waals surface area contributed by atoms with Gasteiger partial charge in [0.25, 0.3) is 5.91 Å². The van der Waals surface area contributed by atoms with Gasteiger partial charge in [0.15, 0.2) is 11.8 Å². The van der Waals surface area contributed by atoms with Crippen LogP contribution in [0.15, 0.2) is 60.7 Å². The number of imide groups is 1. The molecule has 2 aromatic rings. The first-order chi connectivity index (χ1) is 12.1. The van der Waals surface area contributed by atoms with Crippen molar-refractivity contribution >= 4 is 11.9 Å². The summed E-state index contributed by atoms with van der Waals surface area (Å²) in [6.07, 6.45) is -0.952. The van der Waals surface area contributed by atoms with Crippen LogP contribution in [0.25, 0.3) is 0 Å². The van der Waals surface area contributed by atoms with Crippen molar-refractivity contribution in [1.82, 2.24) is 10.2 Å². The lowest BCUT2D eigenvalue weighted by Gasteiger charge is -2.33. The van der Waals surface area contributed by atoms with Gasteiger partial charge in [-0.2, -0.15) is 0 Å². The van der Waals surface area contributed by atoms with Gasteiger partial charge in [-0.1, -0.05) is 60.7 Å². The molecule has 0 aliphatic carbocycles. The molecule has 1 N–H and O–H groups in total. The van der Waals surface area contributed by atoms with E-state index in [1.54, 1.807) is 24.3 Å². The Hall–Kier alpha value is -2.70. The summed E-state index contributed by atoms with van der Waals surface area (Å²) in [6.45, 7) is 0.181. The van der Waals surface area contributed by atoms with Gasteiger partial charge in [0.1, 0.15) is 0 Å². The fourth-order valence-electron chi connectivity index (χ4n) is 3.15. The largest absolute Gasteiger partial charge is 0.353 e. The van der Waals surface area contributed by atoms with E-state index < -0.39 is 23.8 Å². The summed E-state index contributed by atoms with van der Waals surface area (Å²) in [7, 11) is 2.89. The molecule has 0 aromatic heterocycles. The summed E-state index contributed by atoms with van der Waals surface area (Å²) < 4.78 is 10.7. The van der Waals surface area contributed by atoms with Crippen molar-refractivity contribution in [2.75, 3.05) is 14.2 Å². The van der Waals surface area contributed by atoms with E-state index in [2.05, 4.69) is 5.32 Å². The second kappa shape index (κ2) is 7.04. The molecule has 1 unspecified atom stereocenters. The van der Waals surface area contributed by atoms with E-state index >= 15 is 0 Å². The summed E-state index contributed by atoms with van der Waals surface area (Å²) in [5.41, 5.74) is 0.0511. The zero-order chi connectivity index (χ0) is 17.9. The van der Waals surface area contributed by atoms with Crippen molar-refractivity contribution in [1.29, 1.82) is 0 Å². The van der Waals surface area contributed by atoms with E-state index in [9.17, 15) is 9.59 Å². The van der Waals surface area contributed by atoms with Gasteiger partial charge < -0.3 is 14.8 Å². The summed E-state index contributed by atoms with van der Waals surface area (Å²) in [5, 5.41) is 2.79. The topological polar surface area (TPSA) is 67.9 Å². The van der Waals surface area contributed by atoms with Crippen molar-refractivity contribution in [2.24, 2.45) is 0 Å². The van der Waals surface area contributed by atoms with Gasteiger partial charge >= 0.3 is 6.03 Å². The van der Waals surface area contributed by atoms with E-state index in [0.29, 0.717) is 5.56 Å². The predicted octanol–water partition coefficient (Wildman–Crippen LogP) is 2.25. The molecule has 1 heterocycles. The maximum absolute atomic E-state index is 13.3. The third kappa shape index (κ3) is 2.90. The quantitative estimate of drug-likeness (QED) is 0.647. The highest BCUT2D eigenvalue weighted by Crippen LogP contribution is 2.35. The van der Waals surface area contributed by atoms with Crippen LogP contribution in [-0.4, -0.2) is 37.3 Å². The van der Waals surface area contributed by atoms with Crippen molar-refractivity contribution in [3.8, 4) is 0 Å². The average molecular weight is 340 g/mol. The summed E-state index contributed by atoms with van der Waals surface area (Å²) >= 11 is 0. The third-order valence-corrected chi connectivity index (χ3v) is 4.33. The Morgan fingerprint density at radius 3 is 2.08 bits per heavy atom. The zero-order valence-electron chi connectivity index (χ0n) is 14.1. The first-order valence-corrected chi connectivity index (χ1v) is 7.92. The van der Waals surface area contributed by atoms with Crippen LogP contribution in [0.5, 0.6) is 0 Å². The molecule has 6 heteroatoms. The maximum atomic E-state index is 13.3. The number of amides is 3.